The summed E-state index contributed by atoms with van der Waals surface area (Å²) in [4.78, 5) is 16.4. The van der Waals surface area contributed by atoms with Crippen LogP contribution in [0.3, 0.4) is 0 Å². The third-order valence-corrected chi connectivity index (χ3v) is 7.20. The van der Waals surface area contributed by atoms with Gasteiger partial charge in [0.2, 0.25) is 0 Å². The molecule has 188 valence electrons. The van der Waals surface area contributed by atoms with Gasteiger partial charge in [0.25, 0.3) is 5.56 Å². The smallest absolute Gasteiger partial charge is 0.285 e. The van der Waals surface area contributed by atoms with E-state index in [-0.39, 0.29) is 11.2 Å². The van der Waals surface area contributed by atoms with E-state index in [9.17, 15) is 4.79 Å². The zero-order valence-electron chi connectivity index (χ0n) is 20.0. The molecule has 6 nitrogen and oxygen atoms in total. The van der Waals surface area contributed by atoms with Crippen LogP contribution in [0.25, 0.3) is 16.8 Å². The maximum absolute atomic E-state index is 14.2. The Balaban J connectivity index is 1.76. The van der Waals surface area contributed by atoms with Crippen molar-refractivity contribution in [1.29, 1.82) is 0 Å². The molecule has 1 aliphatic heterocycles. The highest BCUT2D eigenvalue weighted by atomic mass is 35.5. The van der Waals surface area contributed by atoms with Gasteiger partial charge in [-0.1, -0.05) is 53.0 Å². The van der Waals surface area contributed by atoms with Gasteiger partial charge in [0, 0.05) is 23.7 Å². The average molecular weight is 554 g/mol. The Morgan fingerprint density at radius 3 is 2.27 bits per heavy atom. The lowest BCUT2D eigenvalue weighted by molar-refractivity contribution is 0.415. The number of ether oxygens (including phenoxy) is 1. The highest BCUT2D eigenvalue weighted by Crippen LogP contribution is 2.36. The molecule has 2 heterocycles. The summed E-state index contributed by atoms with van der Waals surface area (Å²) in [6.45, 7) is 1.71. The summed E-state index contributed by atoms with van der Waals surface area (Å²) in [5, 5.41) is 10.1. The van der Waals surface area contributed by atoms with Gasteiger partial charge in [-0.2, -0.15) is 5.11 Å². The van der Waals surface area contributed by atoms with Crippen molar-refractivity contribution in [1.82, 2.24) is 4.57 Å². The number of nitrogens with zero attached hydrogens (tertiary/aromatic N) is 4. The van der Waals surface area contributed by atoms with E-state index in [1.807, 2.05) is 42.5 Å². The molecule has 5 rings (SSSR count). The molecular formula is C28H23Cl3N4O2. The number of pyridine rings is 1. The number of anilines is 1. The lowest BCUT2D eigenvalue weighted by atomic mass is 10.0. The Bertz CT molecular complexity index is 1530. The Labute approximate surface area is 229 Å². The van der Waals surface area contributed by atoms with Crippen molar-refractivity contribution < 1.29 is 4.74 Å². The van der Waals surface area contributed by atoms with Gasteiger partial charge in [0.15, 0.2) is 5.69 Å². The Morgan fingerprint density at radius 1 is 0.838 bits per heavy atom. The maximum Gasteiger partial charge on any atom is 0.285 e. The van der Waals surface area contributed by atoms with E-state index in [0.717, 1.165) is 43.1 Å². The van der Waals surface area contributed by atoms with E-state index in [4.69, 9.17) is 39.5 Å². The van der Waals surface area contributed by atoms with Crippen LogP contribution < -0.4 is 15.2 Å². The summed E-state index contributed by atoms with van der Waals surface area (Å²) in [6.07, 6.45) is 2.11. The van der Waals surface area contributed by atoms with Gasteiger partial charge in [0.1, 0.15) is 11.6 Å². The maximum atomic E-state index is 14.2. The molecule has 0 saturated carbocycles. The van der Waals surface area contributed by atoms with Gasteiger partial charge in [-0.3, -0.25) is 9.36 Å². The molecule has 0 amide bonds. The second-order valence-corrected chi connectivity index (χ2v) is 9.86. The van der Waals surface area contributed by atoms with Crippen molar-refractivity contribution >= 4 is 52.0 Å². The van der Waals surface area contributed by atoms with Crippen LogP contribution in [-0.4, -0.2) is 24.8 Å². The summed E-state index contributed by atoms with van der Waals surface area (Å²) in [6, 6.07) is 21.7. The van der Waals surface area contributed by atoms with Gasteiger partial charge in [-0.05, 0) is 73.0 Å². The molecule has 4 aromatic rings. The first-order chi connectivity index (χ1) is 17.9. The van der Waals surface area contributed by atoms with Crippen molar-refractivity contribution in [2.24, 2.45) is 10.2 Å². The van der Waals surface area contributed by atoms with Gasteiger partial charge < -0.3 is 9.64 Å². The fourth-order valence-corrected chi connectivity index (χ4v) is 4.85. The van der Waals surface area contributed by atoms with E-state index >= 15 is 0 Å². The standard InChI is InChI=1S/C28H23Cl3N4O2/c1-37-22-10-7-18(8-11-22)23-17-26(34-13-2-3-14-34)35(21-6-4-5-19(29)15-21)28(36)27(23)33-32-20-9-12-24(30)25(31)16-20/h4-12,15-17H,2-3,13-14H2,1H3. The lowest BCUT2D eigenvalue weighted by Gasteiger charge is -2.24. The average Bonchev–Trinajstić information content (AvgIpc) is 3.44. The first kappa shape index (κ1) is 25.3. The van der Waals surface area contributed by atoms with Gasteiger partial charge >= 0.3 is 0 Å². The Morgan fingerprint density at radius 2 is 1.59 bits per heavy atom. The zero-order chi connectivity index (χ0) is 25.9. The Hall–Kier alpha value is -3.32. The van der Waals surface area contributed by atoms with Crippen LogP contribution in [0.5, 0.6) is 5.75 Å². The predicted molar refractivity (Wildman–Crippen MR) is 151 cm³/mol. The summed E-state index contributed by atoms with van der Waals surface area (Å²) in [5.41, 5.74) is 2.51. The molecule has 1 aromatic heterocycles. The Kier molecular flexibility index (Phi) is 7.51. The number of rotatable bonds is 6. The zero-order valence-corrected chi connectivity index (χ0v) is 22.3. The molecule has 0 N–H and O–H groups in total. The SMILES string of the molecule is COc1ccc(-c2cc(N3CCCC3)n(-c3cccc(Cl)c3)c(=O)c2N=Nc2ccc(Cl)c(Cl)c2)cc1. The number of aromatic nitrogens is 1. The van der Waals surface area contributed by atoms with Crippen LogP contribution in [0, 0.1) is 0 Å². The highest BCUT2D eigenvalue weighted by Gasteiger charge is 2.23. The minimum absolute atomic E-state index is 0.194. The molecule has 0 bridgehead atoms. The summed E-state index contributed by atoms with van der Waals surface area (Å²) >= 11 is 18.5. The van der Waals surface area contributed by atoms with E-state index in [2.05, 4.69) is 15.1 Å². The highest BCUT2D eigenvalue weighted by molar-refractivity contribution is 6.42. The lowest BCUT2D eigenvalue weighted by Crippen LogP contribution is -2.29. The van der Waals surface area contributed by atoms with Gasteiger partial charge in [0.05, 0.1) is 28.5 Å². The van der Waals surface area contributed by atoms with Crippen LogP contribution in [0.2, 0.25) is 15.1 Å². The van der Waals surface area contributed by atoms with Crippen molar-refractivity contribution in [2.75, 3.05) is 25.1 Å². The molecule has 1 fully saturated rings. The predicted octanol–water partition coefficient (Wildman–Crippen LogP) is 8.49. The third-order valence-electron chi connectivity index (χ3n) is 6.23. The molecule has 3 aromatic carbocycles. The van der Waals surface area contributed by atoms with Crippen LogP contribution in [0.15, 0.2) is 87.8 Å². The number of hydrogen-bond donors (Lipinski definition) is 0. The molecule has 0 spiro atoms. The number of azo groups is 1. The van der Waals surface area contributed by atoms with E-state index in [0.29, 0.717) is 32.0 Å². The van der Waals surface area contributed by atoms with Crippen LogP contribution in [0.1, 0.15) is 12.8 Å². The van der Waals surface area contributed by atoms with Crippen molar-refractivity contribution in [3.05, 3.63) is 98.2 Å². The fraction of sp³-hybridized carbons (Fsp3) is 0.179. The monoisotopic (exact) mass is 552 g/mol. The second kappa shape index (κ2) is 11.0. The topological polar surface area (TPSA) is 59.2 Å². The molecule has 1 aliphatic rings. The quantitative estimate of drug-likeness (QED) is 0.225. The van der Waals surface area contributed by atoms with E-state index in [1.54, 1.807) is 42.0 Å². The molecule has 0 unspecified atom stereocenters. The first-order valence-corrected chi connectivity index (χ1v) is 12.9. The van der Waals surface area contributed by atoms with Crippen molar-refractivity contribution in [3.8, 4) is 22.6 Å². The van der Waals surface area contributed by atoms with Crippen molar-refractivity contribution in [3.63, 3.8) is 0 Å². The largest absolute Gasteiger partial charge is 0.497 e. The third kappa shape index (κ3) is 5.37. The summed E-state index contributed by atoms with van der Waals surface area (Å²) in [5.74, 6) is 1.50. The van der Waals surface area contributed by atoms with Gasteiger partial charge in [-0.15, -0.1) is 5.11 Å². The van der Waals surface area contributed by atoms with E-state index in [1.165, 1.54) is 0 Å². The minimum atomic E-state index is -0.304. The number of halogens is 3. The van der Waals surface area contributed by atoms with Crippen LogP contribution in [-0.2, 0) is 0 Å². The first-order valence-electron chi connectivity index (χ1n) is 11.8. The molecule has 1 saturated heterocycles. The van der Waals surface area contributed by atoms with Crippen LogP contribution in [0.4, 0.5) is 17.2 Å². The molecule has 0 radical (unpaired) electrons. The number of hydrogen-bond acceptors (Lipinski definition) is 5. The summed E-state index contributed by atoms with van der Waals surface area (Å²) < 4.78 is 6.99. The molecule has 9 heteroatoms. The van der Waals surface area contributed by atoms with Crippen LogP contribution >= 0.6 is 34.8 Å². The molecule has 0 atom stereocenters. The van der Waals surface area contributed by atoms with Crippen molar-refractivity contribution in [2.45, 2.75) is 12.8 Å². The van der Waals surface area contributed by atoms with E-state index < -0.39 is 0 Å². The molecular weight excluding hydrogens is 531 g/mol. The summed E-state index contributed by atoms with van der Waals surface area (Å²) in [7, 11) is 1.61. The minimum Gasteiger partial charge on any atom is -0.497 e. The normalized spacial score (nSPS) is 13.5. The molecule has 37 heavy (non-hydrogen) atoms. The number of benzene rings is 3. The van der Waals surface area contributed by atoms with Gasteiger partial charge in [-0.25, -0.2) is 0 Å². The fourth-order valence-electron chi connectivity index (χ4n) is 4.37. The number of methoxy groups -OCH3 is 1. The molecule has 0 aliphatic carbocycles. The second-order valence-electron chi connectivity index (χ2n) is 8.61.